The Bertz CT molecular complexity index is 624. The number of aliphatic carboxylic acids is 2. The van der Waals surface area contributed by atoms with E-state index < -0.39 is 11.9 Å². The predicted molar refractivity (Wildman–Crippen MR) is 99.6 cm³/mol. The summed E-state index contributed by atoms with van der Waals surface area (Å²) in [5.41, 5.74) is 0.533. The van der Waals surface area contributed by atoms with Crippen molar-refractivity contribution in [3.8, 4) is 5.75 Å². The highest BCUT2D eigenvalue weighted by atomic mass is 16.5. The lowest BCUT2D eigenvalue weighted by molar-refractivity contribution is -0.159. The second-order valence-corrected chi connectivity index (χ2v) is 6.35. The summed E-state index contributed by atoms with van der Waals surface area (Å²) in [5.74, 6) is -3.21. The number of ether oxygens (including phenoxy) is 3. The largest absolute Gasteiger partial charge is 0.494 e. The molecule has 0 saturated carbocycles. The van der Waals surface area contributed by atoms with E-state index >= 15 is 0 Å². The molecule has 0 radical (unpaired) electrons. The van der Waals surface area contributed by atoms with Crippen LogP contribution >= 0.6 is 0 Å². The number of hydrogen-bond acceptors (Lipinski definition) is 7. The summed E-state index contributed by atoms with van der Waals surface area (Å²) >= 11 is 0. The fourth-order valence-corrected chi connectivity index (χ4v) is 2.75. The number of hydrogen-bond donors (Lipinski definition) is 2. The Hall–Kier alpha value is -2.65. The van der Waals surface area contributed by atoms with Crippen LogP contribution in [0.2, 0.25) is 0 Å². The number of carboxylic acid groups (broad SMARTS) is 2. The Labute approximate surface area is 163 Å². The summed E-state index contributed by atoms with van der Waals surface area (Å²) < 4.78 is 16.1. The van der Waals surface area contributed by atoms with Crippen LogP contribution in [-0.4, -0.2) is 78.6 Å². The molecule has 1 aromatic rings. The second-order valence-electron chi connectivity index (χ2n) is 6.35. The third-order valence-corrected chi connectivity index (χ3v) is 3.84. The normalized spacial score (nSPS) is 19.1. The number of methoxy groups -OCH3 is 1. The van der Waals surface area contributed by atoms with Crippen molar-refractivity contribution in [3.63, 3.8) is 0 Å². The van der Waals surface area contributed by atoms with Crippen LogP contribution in [0.1, 0.15) is 30.6 Å². The van der Waals surface area contributed by atoms with Crippen LogP contribution in [0, 0.1) is 0 Å². The number of esters is 1. The second kappa shape index (κ2) is 11.9. The van der Waals surface area contributed by atoms with E-state index in [-0.39, 0.29) is 5.97 Å². The highest BCUT2D eigenvalue weighted by molar-refractivity contribution is 6.27. The molecule has 1 fully saturated rings. The SMILES string of the molecule is COC(=O)c1ccc(OCCCN2CC(C)OC(C)C2)cc1.O=C(O)C(=O)O. The predicted octanol–water partition coefficient (Wildman–Crippen LogP) is 1.51. The summed E-state index contributed by atoms with van der Waals surface area (Å²) in [6.07, 6.45) is 1.57. The molecule has 0 aromatic heterocycles. The van der Waals surface area contributed by atoms with Crippen LogP contribution < -0.4 is 4.74 Å². The Kier molecular flexibility index (Phi) is 9.97. The van der Waals surface area contributed by atoms with Crippen LogP contribution in [0.5, 0.6) is 5.75 Å². The Morgan fingerprint density at radius 1 is 1.07 bits per heavy atom. The molecular weight excluding hydrogens is 370 g/mol. The molecule has 0 bridgehead atoms. The Morgan fingerprint density at radius 3 is 2.07 bits per heavy atom. The number of carboxylic acids is 2. The minimum Gasteiger partial charge on any atom is -0.494 e. The van der Waals surface area contributed by atoms with Gasteiger partial charge in [-0.3, -0.25) is 4.90 Å². The molecule has 2 rings (SSSR count). The lowest BCUT2D eigenvalue weighted by Gasteiger charge is -2.35. The van der Waals surface area contributed by atoms with Gasteiger partial charge in [-0.15, -0.1) is 0 Å². The number of morpholine rings is 1. The molecule has 2 unspecified atom stereocenters. The first-order valence-corrected chi connectivity index (χ1v) is 8.88. The molecular formula is C19H27NO8. The molecule has 1 aromatic carbocycles. The van der Waals surface area contributed by atoms with Gasteiger partial charge in [-0.1, -0.05) is 0 Å². The summed E-state index contributed by atoms with van der Waals surface area (Å²) in [7, 11) is 1.38. The third-order valence-electron chi connectivity index (χ3n) is 3.84. The molecule has 0 aliphatic carbocycles. The van der Waals surface area contributed by atoms with E-state index in [4.69, 9.17) is 29.3 Å². The van der Waals surface area contributed by atoms with Gasteiger partial charge in [0.25, 0.3) is 0 Å². The van der Waals surface area contributed by atoms with Gasteiger partial charge < -0.3 is 24.4 Å². The summed E-state index contributed by atoms with van der Waals surface area (Å²) in [6.45, 7) is 7.87. The van der Waals surface area contributed by atoms with Gasteiger partial charge in [0.1, 0.15) is 5.75 Å². The quantitative estimate of drug-likeness (QED) is 0.418. The van der Waals surface area contributed by atoms with Crippen molar-refractivity contribution in [1.29, 1.82) is 0 Å². The van der Waals surface area contributed by atoms with Gasteiger partial charge in [-0.05, 0) is 44.5 Å². The molecule has 28 heavy (non-hydrogen) atoms. The molecule has 0 amide bonds. The van der Waals surface area contributed by atoms with E-state index in [1.807, 2.05) is 0 Å². The number of carbonyl (C=O) groups is 3. The molecule has 2 atom stereocenters. The molecule has 1 aliphatic heterocycles. The average Bonchev–Trinajstić information content (AvgIpc) is 2.65. The lowest BCUT2D eigenvalue weighted by Crippen LogP contribution is -2.45. The van der Waals surface area contributed by atoms with Gasteiger partial charge in [0.2, 0.25) is 0 Å². The summed E-state index contributed by atoms with van der Waals surface area (Å²) in [5, 5.41) is 14.8. The van der Waals surface area contributed by atoms with Gasteiger partial charge in [0, 0.05) is 19.6 Å². The maximum Gasteiger partial charge on any atom is 0.414 e. The van der Waals surface area contributed by atoms with Crippen molar-refractivity contribution in [2.75, 3.05) is 33.4 Å². The monoisotopic (exact) mass is 397 g/mol. The smallest absolute Gasteiger partial charge is 0.414 e. The topological polar surface area (TPSA) is 123 Å². The van der Waals surface area contributed by atoms with E-state index in [1.54, 1.807) is 24.3 Å². The van der Waals surface area contributed by atoms with Crippen molar-refractivity contribution in [1.82, 2.24) is 4.90 Å². The minimum absolute atomic E-state index is 0.301. The van der Waals surface area contributed by atoms with Gasteiger partial charge in [0.15, 0.2) is 0 Å². The van der Waals surface area contributed by atoms with Crippen molar-refractivity contribution >= 4 is 17.9 Å². The van der Waals surface area contributed by atoms with Crippen LogP contribution in [0.25, 0.3) is 0 Å². The zero-order chi connectivity index (χ0) is 21.1. The van der Waals surface area contributed by atoms with E-state index in [1.165, 1.54) is 7.11 Å². The first-order chi connectivity index (χ1) is 13.2. The standard InChI is InChI=1S/C17H25NO4.C2H2O4/c1-13-11-18(12-14(2)22-13)9-4-10-21-16-7-5-15(6-8-16)17(19)20-3;3-1(4)2(5)6/h5-8,13-14H,4,9-12H2,1-3H3;(H,3,4)(H,5,6). The van der Waals surface area contributed by atoms with Crippen molar-refractivity contribution in [3.05, 3.63) is 29.8 Å². The summed E-state index contributed by atoms with van der Waals surface area (Å²) in [4.78, 5) is 32.0. The first kappa shape index (κ1) is 23.4. The zero-order valence-corrected chi connectivity index (χ0v) is 16.3. The van der Waals surface area contributed by atoms with Gasteiger partial charge in [-0.25, -0.2) is 14.4 Å². The zero-order valence-electron chi connectivity index (χ0n) is 16.3. The maximum absolute atomic E-state index is 11.3. The molecule has 9 heteroatoms. The molecule has 0 spiro atoms. The molecule has 1 aliphatic rings. The highest BCUT2D eigenvalue weighted by Gasteiger charge is 2.21. The van der Waals surface area contributed by atoms with Gasteiger partial charge in [0.05, 0.1) is 31.5 Å². The molecule has 9 nitrogen and oxygen atoms in total. The Balaban J connectivity index is 0.000000568. The fourth-order valence-electron chi connectivity index (χ4n) is 2.75. The number of rotatable bonds is 6. The molecule has 1 heterocycles. The molecule has 2 N–H and O–H groups in total. The number of benzene rings is 1. The number of nitrogens with zero attached hydrogens (tertiary/aromatic N) is 1. The fraction of sp³-hybridized carbons (Fsp3) is 0.526. The van der Waals surface area contributed by atoms with Gasteiger partial charge >= 0.3 is 17.9 Å². The van der Waals surface area contributed by atoms with Crippen LogP contribution in [-0.2, 0) is 19.1 Å². The maximum atomic E-state index is 11.3. The third kappa shape index (κ3) is 8.83. The van der Waals surface area contributed by atoms with Crippen molar-refractivity contribution < 1.29 is 38.8 Å². The van der Waals surface area contributed by atoms with E-state index in [9.17, 15) is 4.79 Å². The van der Waals surface area contributed by atoms with Crippen LogP contribution in [0.15, 0.2) is 24.3 Å². The van der Waals surface area contributed by atoms with E-state index in [0.717, 1.165) is 31.8 Å². The Morgan fingerprint density at radius 2 is 1.61 bits per heavy atom. The molecule has 1 saturated heterocycles. The minimum atomic E-state index is -1.82. The molecule has 156 valence electrons. The lowest BCUT2D eigenvalue weighted by atomic mass is 10.2. The van der Waals surface area contributed by atoms with Gasteiger partial charge in [-0.2, -0.15) is 0 Å². The van der Waals surface area contributed by atoms with Crippen molar-refractivity contribution in [2.24, 2.45) is 0 Å². The van der Waals surface area contributed by atoms with E-state index in [2.05, 4.69) is 23.5 Å². The van der Waals surface area contributed by atoms with Crippen LogP contribution in [0.3, 0.4) is 0 Å². The van der Waals surface area contributed by atoms with Crippen molar-refractivity contribution in [2.45, 2.75) is 32.5 Å². The van der Waals surface area contributed by atoms with E-state index in [0.29, 0.717) is 24.4 Å². The average molecular weight is 397 g/mol. The highest BCUT2D eigenvalue weighted by Crippen LogP contribution is 2.14. The summed E-state index contributed by atoms with van der Waals surface area (Å²) in [6, 6.07) is 7.02. The number of carbonyl (C=O) groups excluding carboxylic acids is 1. The van der Waals surface area contributed by atoms with Crippen LogP contribution in [0.4, 0.5) is 0 Å². The first-order valence-electron chi connectivity index (χ1n) is 8.88.